The molecular weight excluding hydrogens is 438 g/mol. The first-order valence-electron chi connectivity index (χ1n) is 11.7. The lowest BCUT2D eigenvalue weighted by Crippen LogP contribution is -2.49. The summed E-state index contributed by atoms with van der Waals surface area (Å²) in [4.78, 5) is 28.5. The van der Waals surface area contributed by atoms with Gasteiger partial charge in [-0.25, -0.2) is 0 Å². The molecule has 2 amide bonds. The molecule has 0 unspecified atom stereocenters. The van der Waals surface area contributed by atoms with E-state index in [0.717, 1.165) is 22.3 Å². The molecule has 3 aromatic rings. The van der Waals surface area contributed by atoms with Crippen molar-refractivity contribution >= 4 is 17.8 Å². The Hall–Kier alpha value is -4.13. The smallest absolute Gasteiger partial charge is 0.240 e. The van der Waals surface area contributed by atoms with Gasteiger partial charge in [-0.15, -0.1) is 0 Å². The Kier molecular flexibility index (Phi) is 9.01. The molecule has 182 valence electrons. The van der Waals surface area contributed by atoms with Crippen molar-refractivity contribution in [3.8, 4) is 0 Å². The number of carbonyl (C=O) groups is 2. The van der Waals surface area contributed by atoms with Crippen LogP contribution in [0, 0.1) is 12.3 Å². The highest BCUT2D eigenvalue weighted by Crippen LogP contribution is 2.29. The Morgan fingerprint density at radius 1 is 0.886 bits per heavy atom. The summed E-state index contributed by atoms with van der Waals surface area (Å²) in [6.07, 6.45) is 0.871. The summed E-state index contributed by atoms with van der Waals surface area (Å²) in [7, 11) is 0. The molecular formula is C28H33N5O2. The zero-order valence-electron chi connectivity index (χ0n) is 20.0. The van der Waals surface area contributed by atoms with Gasteiger partial charge in [0.1, 0.15) is 6.04 Å². The molecule has 0 aliphatic carbocycles. The van der Waals surface area contributed by atoms with Gasteiger partial charge in [-0.2, -0.15) is 0 Å². The van der Waals surface area contributed by atoms with Gasteiger partial charge < -0.3 is 21.7 Å². The van der Waals surface area contributed by atoms with Gasteiger partial charge in [0.05, 0.1) is 5.92 Å². The Morgan fingerprint density at radius 3 is 1.91 bits per heavy atom. The number of nitrogens with two attached hydrogens (primary N) is 2. The molecule has 7 nitrogen and oxygen atoms in total. The first-order chi connectivity index (χ1) is 16.9. The Balaban J connectivity index is 2.00. The molecule has 35 heavy (non-hydrogen) atoms. The van der Waals surface area contributed by atoms with Crippen LogP contribution in [0.25, 0.3) is 0 Å². The molecule has 0 aliphatic heterocycles. The van der Waals surface area contributed by atoms with E-state index in [1.807, 2.05) is 91.9 Å². The fourth-order valence-electron chi connectivity index (χ4n) is 4.14. The lowest BCUT2D eigenvalue weighted by Gasteiger charge is -2.33. The molecule has 0 aromatic heterocycles. The number of carbonyl (C=O) groups excluding carboxylic acids is 2. The summed E-state index contributed by atoms with van der Waals surface area (Å²) in [5.74, 6) is -1.47. The summed E-state index contributed by atoms with van der Waals surface area (Å²) in [5.41, 5.74) is 14.9. The summed E-state index contributed by atoms with van der Waals surface area (Å²) in [6, 6.07) is 26.2. The maximum atomic E-state index is 14.3. The van der Waals surface area contributed by atoms with E-state index in [4.69, 9.17) is 16.9 Å². The van der Waals surface area contributed by atoms with E-state index < -0.39 is 17.9 Å². The third kappa shape index (κ3) is 7.17. The number of hydrogen-bond acceptors (Lipinski definition) is 3. The van der Waals surface area contributed by atoms with Crippen LogP contribution in [0.1, 0.15) is 41.0 Å². The average Bonchev–Trinajstić information content (AvgIpc) is 2.85. The highest BCUT2D eigenvalue weighted by molar-refractivity contribution is 5.92. The van der Waals surface area contributed by atoms with Crippen LogP contribution in [0.15, 0.2) is 84.9 Å². The van der Waals surface area contributed by atoms with Crippen LogP contribution in [-0.2, 0) is 16.1 Å². The zero-order chi connectivity index (χ0) is 25.2. The van der Waals surface area contributed by atoms with Gasteiger partial charge in [0.15, 0.2) is 5.96 Å². The Labute approximate surface area is 206 Å². The van der Waals surface area contributed by atoms with Crippen molar-refractivity contribution in [3.05, 3.63) is 107 Å². The molecule has 0 fully saturated rings. The summed E-state index contributed by atoms with van der Waals surface area (Å²) in [5, 5.41) is 10.1. The van der Waals surface area contributed by atoms with Gasteiger partial charge in [0.2, 0.25) is 11.8 Å². The number of hydrogen-bond donors (Lipinski definition) is 4. The van der Waals surface area contributed by atoms with Gasteiger partial charge in [0.25, 0.3) is 0 Å². The van der Waals surface area contributed by atoms with Crippen molar-refractivity contribution in [3.63, 3.8) is 0 Å². The molecule has 6 N–H and O–H groups in total. The molecule has 0 aliphatic rings. The van der Waals surface area contributed by atoms with Crippen LogP contribution < -0.4 is 16.8 Å². The highest BCUT2D eigenvalue weighted by atomic mass is 16.2. The van der Waals surface area contributed by atoms with Gasteiger partial charge >= 0.3 is 0 Å². The zero-order valence-corrected chi connectivity index (χ0v) is 20.0. The number of guanidine groups is 1. The topological polar surface area (TPSA) is 125 Å². The predicted molar refractivity (Wildman–Crippen MR) is 139 cm³/mol. The van der Waals surface area contributed by atoms with Crippen molar-refractivity contribution in [1.29, 1.82) is 5.41 Å². The van der Waals surface area contributed by atoms with Crippen LogP contribution in [-0.4, -0.2) is 35.3 Å². The van der Waals surface area contributed by atoms with E-state index in [9.17, 15) is 9.59 Å². The summed E-state index contributed by atoms with van der Waals surface area (Å²) in [6.45, 7) is 2.66. The van der Waals surface area contributed by atoms with Crippen molar-refractivity contribution in [1.82, 2.24) is 10.2 Å². The lowest BCUT2D eigenvalue weighted by molar-refractivity contribution is -0.141. The van der Waals surface area contributed by atoms with Crippen molar-refractivity contribution in [2.45, 2.75) is 38.3 Å². The second-order valence-corrected chi connectivity index (χ2v) is 8.61. The summed E-state index contributed by atoms with van der Waals surface area (Å²) >= 11 is 0. The van der Waals surface area contributed by atoms with E-state index in [2.05, 4.69) is 5.32 Å². The lowest BCUT2D eigenvalue weighted by atomic mass is 9.89. The highest BCUT2D eigenvalue weighted by Gasteiger charge is 2.34. The molecule has 0 heterocycles. The molecule has 1 atom stereocenters. The van der Waals surface area contributed by atoms with Gasteiger partial charge in [0, 0.05) is 13.1 Å². The predicted octanol–water partition coefficient (Wildman–Crippen LogP) is 3.27. The van der Waals surface area contributed by atoms with Crippen LogP contribution in [0.4, 0.5) is 0 Å². The van der Waals surface area contributed by atoms with E-state index >= 15 is 0 Å². The number of rotatable bonds is 11. The largest absolute Gasteiger partial charge is 0.370 e. The minimum Gasteiger partial charge on any atom is -0.370 e. The second kappa shape index (κ2) is 12.4. The average molecular weight is 472 g/mol. The number of aryl methyl sites for hydroxylation is 1. The number of primary amides is 1. The third-order valence-electron chi connectivity index (χ3n) is 5.94. The third-order valence-corrected chi connectivity index (χ3v) is 5.94. The molecule has 0 radical (unpaired) electrons. The molecule has 0 saturated heterocycles. The second-order valence-electron chi connectivity index (χ2n) is 8.61. The fourth-order valence-corrected chi connectivity index (χ4v) is 4.14. The first kappa shape index (κ1) is 25.5. The number of benzene rings is 3. The van der Waals surface area contributed by atoms with Crippen LogP contribution >= 0.6 is 0 Å². The molecule has 0 saturated carbocycles. The van der Waals surface area contributed by atoms with E-state index in [0.29, 0.717) is 19.4 Å². The van der Waals surface area contributed by atoms with Crippen LogP contribution in [0.3, 0.4) is 0 Å². The van der Waals surface area contributed by atoms with Crippen molar-refractivity contribution in [2.75, 3.05) is 6.54 Å². The fraction of sp³-hybridized carbons (Fsp3) is 0.250. The number of nitrogens with zero attached hydrogens (tertiary/aromatic N) is 1. The van der Waals surface area contributed by atoms with E-state index in [-0.39, 0.29) is 18.4 Å². The van der Waals surface area contributed by atoms with Crippen molar-refractivity contribution < 1.29 is 9.59 Å². The first-order valence-corrected chi connectivity index (χ1v) is 11.7. The Bertz CT molecular complexity index is 1080. The quantitative estimate of drug-likeness (QED) is 0.195. The van der Waals surface area contributed by atoms with Crippen LogP contribution in [0.2, 0.25) is 0 Å². The monoisotopic (exact) mass is 471 g/mol. The summed E-state index contributed by atoms with van der Waals surface area (Å²) < 4.78 is 0. The van der Waals surface area contributed by atoms with Gasteiger partial charge in [-0.3, -0.25) is 15.0 Å². The SMILES string of the molecule is Cc1ccc(CN(C(=O)C(c2ccccc2)c2ccccc2)[C@H](CCCNC(=N)N)C(N)=O)cc1. The maximum Gasteiger partial charge on any atom is 0.240 e. The van der Waals surface area contributed by atoms with Gasteiger partial charge in [-0.05, 0) is 36.5 Å². The minimum absolute atomic E-state index is 0.138. The standard InChI is InChI=1S/C28H33N5O2/c1-20-14-16-21(17-15-20)19-33(24(26(29)34)13-8-18-32-28(30)31)27(35)25(22-9-4-2-5-10-22)23-11-6-3-7-12-23/h2-7,9-12,14-17,24-25H,8,13,18-19H2,1H3,(H2,29,34)(H4,30,31,32)/t24-/m1/s1. The van der Waals surface area contributed by atoms with E-state index in [1.165, 1.54) is 0 Å². The molecule has 3 rings (SSSR count). The van der Waals surface area contributed by atoms with Crippen molar-refractivity contribution in [2.24, 2.45) is 11.5 Å². The molecule has 3 aromatic carbocycles. The number of nitrogens with one attached hydrogen (secondary N) is 2. The number of amides is 2. The molecule has 7 heteroatoms. The van der Waals surface area contributed by atoms with Gasteiger partial charge in [-0.1, -0.05) is 90.5 Å². The molecule has 0 spiro atoms. The molecule has 0 bridgehead atoms. The minimum atomic E-state index is -0.813. The Morgan fingerprint density at radius 2 is 1.43 bits per heavy atom. The maximum absolute atomic E-state index is 14.3. The van der Waals surface area contributed by atoms with E-state index in [1.54, 1.807) is 4.90 Å². The normalized spacial score (nSPS) is 11.6. The van der Waals surface area contributed by atoms with Crippen LogP contribution in [0.5, 0.6) is 0 Å².